The van der Waals surface area contributed by atoms with Crippen LogP contribution in [0.3, 0.4) is 0 Å². The van der Waals surface area contributed by atoms with Crippen molar-refractivity contribution in [2.75, 3.05) is 12.8 Å². The molecule has 2 heterocycles. The summed E-state index contributed by atoms with van der Waals surface area (Å²) in [5.41, 5.74) is 8.98. The molecule has 3 rings (SSSR count). The topological polar surface area (TPSA) is 173 Å². The summed E-state index contributed by atoms with van der Waals surface area (Å²) in [5, 5.41) is 18.6. The first-order valence-corrected chi connectivity index (χ1v) is 8.11. The van der Waals surface area contributed by atoms with Gasteiger partial charge in [-0.05, 0) is 41.0 Å². The van der Waals surface area contributed by atoms with Crippen molar-refractivity contribution in [2.24, 2.45) is 5.10 Å². The van der Waals surface area contributed by atoms with Crippen molar-refractivity contribution >= 4 is 23.9 Å². The second-order valence-electron chi connectivity index (χ2n) is 5.61. The van der Waals surface area contributed by atoms with E-state index in [0.717, 1.165) is 4.68 Å². The van der Waals surface area contributed by atoms with Crippen LogP contribution in [0.2, 0.25) is 0 Å². The van der Waals surface area contributed by atoms with Crippen molar-refractivity contribution in [1.29, 1.82) is 0 Å². The average molecular weight is 400 g/mol. The molecule has 0 bridgehead atoms. The Morgan fingerprint density at radius 3 is 2.76 bits per heavy atom. The van der Waals surface area contributed by atoms with Crippen LogP contribution in [0, 0.1) is 6.92 Å². The molecule has 2 aromatic heterocycles. The largest absolute Gasteiger partial charge is 0.493 e. The highest BCUT2D eigenvalue weighted by molar-refractivity contribution is 5.95. The molecule has 0 aliphatic heterocycles. The average Bonchev–Trinajstić information content (AvgIpc) is 3.27. The fraction of sp³-hybridized carbons (Fsp3) is 0.188. The SMILES string of the molecule is COc1cc(/C=N\NC(=O)c2c(C)nnn2-c2nonc2N)ccc1OC(C)=O. The number of hydrogen-bond acceptors (Lipinski definition) is 11. The Hall–Kier alpha value is -4.29. The number of nitrogen functional groups attached to an aromatic ring is 1. The monoisotopic (exact) mass is 400 g/mol. The molecular weight excluding hydrogens is 384 g/mol. The predicted molar refractivity (Wildman–Crippen MR) is 97.7 cm³/mol. The number of nitrogens with one attached hydrogen (secondary N) is 1. The first-order valence-electron chi connectivity index (χ1n) is 8.11. The molecule has 0 radical (unpaired) electrons. The van der Waals surface area contributed by atoms with Crippen molar-refractivity contribution in [1.82, 2.24) is 30.7 Å². The van der Waals surface area contributed by atoms with Gasteiger partial charge >= 0.3 is 5.97 Å². The van der Waals surface area contributed by atoms with E-state index in [2.05, 4.69) is 35.8 Å². The summed E-state index contributed by atoms with van der Waals surface area (Å²) in [7, 11) is 1.44. The molecule has 0 atom stereocenters. The van der Waals surface area contributed by atoms with E-state index in [1.54, 1.807) is 25.1 Å². The molecule has 29 heavy (non-hydrogen) atoms. The van der Waals surface area contributed by atoms with Crippen LogP contribution in [0.25, 0.3) is 5.82 Å². The Kier molecular flexibility index (Phi) is 5.48. The Morgan fingerprint density at radius 2 is 2.10 bits per heavy atom. The number of nitrogens with two attached hydrogens (primary N) is 1. The summed E-state index contributed by atoms with van der Waals surface area (Å²) in [6.07, 6.45) is 1.38. The van der Waals surface area contributed by atoms with E-state index in [0.29, 0.717) is 17.0 Å². The van der Waals surface area contributed by atoms with Crippen LogP contribution in [0.1, 0.15) is 28.7 Å². The zero-order valence-corrected chi connectivity index (χ0v) is 15.6. The maximum Gasteiger partial charge on any atom is 0.308 e. The second kappa shape index (κ2) is 8.16. The van der Waals surface area contributed by atoms with Crippen molar-refractivity contribution in [3.05, 3.63) is 35.2 Å². The number of carbonyl (C=O) groups is 2. The number of methoxy groups -OCH3 is 1. The molecule has 150 valence electrons. The van der Waals surface area contributed by atoms with Gasteiger partial charge in [0.25, 0.3) is 5.91 Å². The van der Waals surface area contributed by atoms with Crippen LogP contribution in [0.15, 0.2) is 27.9 Å². The number of nitrogens with zero attached hydrogens (tertiary/aromatic N) is 6. The van der Waals surface area contributed by atoms with Crippen LogP contribution in [-0.2, 0) is 4.79 Å². The van der Waals surface area contributed by atoms with Crippen molar-refractivity contribution in [3.8, 4) is 17.3 Å². The second-order valence-corrected chi connectivity index (χ2v) is 5.61. The molecule has 0 saturated carbocycles. The third-order valence-corrected chi connectivity index (χ3v) is 3.57. The van der Waals surface area contributed by atoms with Crippen molar-refractivity contribution in [3.63, 3.8) is 0 Å². The Morgan fingerprint density at radius 1 is 1.31 bits per heavy atom. The third kappa shape index (κ3) is 4.18. The number of hydrazone groups is 1. The van der Waals surface area contributed by atoms with Gasteiger partial charge in [-0.1, -0.05) is 5.21 Å². The highest BCUT2D eigenvalue weighted by atomic mass is 16.6. The van der Waals surface area contributed by atoms with Crippen LogP contribution >= 0.6 is 0 Å². The summed E-state index contributed by atoms with van der Waals surface area (Å²) in [5.74, 6) is -0.485. The van der Waals surface area contributed by atoms with E-state index in [1.165, 1.54) is 20.2 Å². The maximum atomic E-state index is 12.5. The normalized spacial score (nSPS) is 10.9. The summed E-state index contributed by atoms with van der Waals surface area (Å²) in [6, 6.07) is 4.77. The number of anilines is 1. The van der Waals surface area contributed by atoms with E-state index >= 15 is 0 Å². The van der Waals surface area contributed by atoms with Gasteiger partial charge in [-0.2, -0.15) is 9.78 Å². The smallest absolute Gasteiger partial charge is 0.308 e. The van der Waals surface area contributed by atoms with E-state index in [-0.39, 0.29) is 23.1 Å². The predicted octanol–water partition coefficient (Wildman–Crippen LogP) is 0.239. The van der Waals surface area contributed by atoms with Crippen LogP contribution in [0.4, 0.5) is 5.82 Å². The van der Waals surface area contributed by atoms with Gasteiger partial charge in [0.15, 0.2) is 17.2 Å². The van der Waals surface area contributed by atoms with Gasteiger partial charge in [-0.15, -0.1) is 5.10 Å². The van der Waals surface area contributed by atoms with Gasteiger partial charge in [-0.25, -0.2) is 10.1 Å². The zero-order chi connectivity index (χ0) is 21.0. The molecule has 0 saturated heterocycles. The van der Waals surface area contributed by atoms with E-state index in [9.17, 15) is 9.59 Å². The Labute approximate surface area is 163 Å². The van der Waals surface area contributed by atoms with Crippen LogP contribution < -0.4 is 20.6 Å². The minimum atomic E-state index is -0.602. The zero-order valence-electron chi connectivity index (χ0n) is 15.6. The number of hydrogen-bond donors (Lipinski definition) is 2. The molecule has 1 amide bonds. The highest BCUT2D eigenvalue weighted by Crippen LogP contribution is 2.27. The summed E-state index contributed by atoms with van der Waals surface area (Å²) < 4.78 is 15.8. The first-order chi connectivity index (χ1) is 13.9. The molecule has 0 aliphatic rings. The van der Waals surface area contributed by atoms with Crippen LogP contribution in [0.5, 0.6) is 11.5 Å². The van der Waals surface area contributed by atoms with Gasteiger partial charge in [-0.3, -0.25) is 9.59 Å². The van der Waals surface area contributed by atoms with Gasteiger partial charge in [0.2, 0.25) is 11.6 Å². The van der Waals surface area contributed by atoms with Crippen LogP contribution in [-0.4, -0.2) is 50.5 Å². The molecule has 3 N–H and O–H groups in total. The summed E-state index contributed by atoms with van der Waals surface area (Å²) in [6.45, 7) is 2.87. The van der Waals surface area contributed by atoms with Gasteiger partial charge in [0.1, 0.15) is 0 Å². The van der Waals surface area contributed by atoms with Gasteiger partial charge in [0.05, 0.1) is 19.0 Å². The molecule has 3 aromatic rings. The molecule has 0 fully saturated rings. The highest BCUT2D eigenvalue weighted by Gasteiger charge is 2.22. The Balaban J connectivity index is 1.76. The number of aryl methyl sites for hydroxylation is 1. The van der Waals surface area contributed by atoms with Gasteiger partial charge in [0, 0.05) is 6.92 Å². The molecule has 13 nitrogen and oxygen atoms in total. The number of ether oxygens (including phenoxy) is 2. The quantitative estimate of drug-likeness (QED) is 0.252. The number of aromatic nitrogens is 5. The summed E-state index contributed by atoms with van der Waals surface area (Å²) >= 11 is 0. The summed E-state index contributed by atoms with van der Waals surface area (Å²) in [4.78, 5) is 23.6. The lowest BCUT2D eigenvalue weighted by molar-refractivity contribution is -0.132. The molecule has 13 heteroatoms. The lowest BCUT2D eigenvalue weighted by Gasteiger charge is -2.08. The molecule has 1 aromatic carbocycles. The number of carbonyl (C=O) groups excluding carboxylic acids is 2. The van der Waals surface area contributed by atoms with E-state index in [4.69, 9.17) is 15.2 Å². The number of esters is 1. The fourth-order valence-electron chi connectivity index (χ4n) is 2.33. The molecular formula is C16H16N8O5. The Bertz CT molecular complexity index is 1090. The first kappa shape index (κ1) is 19.5. The third-order valence-electron chi connectivity index (χ3n) is 3.57. The van der Waals surface area contributed by atoms with E-state index < -0.39 is 11.9 Å². The number of rotatable bonds is 6. The molecule has 0 spiro atoms. The minimum absolute atomic E-state index is 0.0329. The minimum Gasteiger partial charge on any atom is -0.493 e. The standard InChI is InChI=1S/C16H16N8O5/c1-8-13(24(23-19-8)15-14(17)21-29-22-15)16(26)20-18-7-10-4-5-11(28-9(2)25)12(6-10)27-3/h4-7H,1-3H3,(H2,17,21)(H,20,26)/b18-7-. The van der Waals surface area contributed by atoms with Crippen molar-refractivity contribution < 1.29 is 23.7 Å². The lowest BCUT2D eigenvalue weighted by Crippen LogP contribution is -2.22. The fourth-order valence-corrected chi connectivity index (χ4v) is 2.33. The van der Waals surface area contributed by atoms with E-state index in [1.807, 2.05) is 0 Å². The maximum absolute atomic E-state index is 12.5. The number of amides is 1. The molecule has 0 aliphatic carbocycles. The molecule has 0 unspecified atom stereocenters. The van der Waals surface area contributed by atoms with Gasteiger partial charge < -0.3 is 15.2 Å². The number of benzene rings is 1. The van der Waals surface area contributed by atoms with Crippen molar-refractivity contribution in [2.45, 2.75) is 13.8 Å². The lowest BCUT2D eigenvalue weighted by atomic mass is 10.2.